The van der Waals surface area contributed by atoms with Crippen LogP contribution in [0.5, 0.6) is 0 Å². The van der Waals surface area contributed by atoms with Gasteiger partial charge < -0.3 is 10.6 Å². The van der Waals surface area contributed by atoms with Gasteiger partial charge in [-0.25, -0.2) is 4.98 Å². The number of nitrogens with one attached hydrogen (secondary N) is 2. The third kappa shape index (κ3) is 3.52. The molecular weight excluding hydrogens is 269 g/mol. The molecule has 0 saturated heterocycles. The zero-order chi connectivity index (χ0) is 14.8. The average Bonchev–Trinajstić information content (AvgIpc) is 3.16. The maximum Gasteiger partial charge on any atom is 0.433 e. The molecule has 0 bridgehead atoms. The molecule has 1 heterocycles. The van der Waals surface area contributed by atoms with Gasteiger partial charge in [0.25, 0.3) is 0 Å². The molecule has 1 aromatic rings. The molecule has 0 aromatic carbocycles. The summed E-state index contributed by atoms with van der Waals surface area (Å²) in [5, 5.41) is 5.74. The van der Waals surface area contributed by atoms with Crippen LogP contribution in [-0.2, 0) is 6.18 Å². The van der Waals surface area contributed by atoms with Gasteiger partial charge in [-0.15, -0.1) is 0 Å². The number of aromatic nitrogens is 2. The van der Waals surface area contributed by atoms with E-state index in [2.05, 4.69) is 27.5 Å². The summed E-state index contributed by atoms with van der Waals surface area (Å²) in [6.07, 6.45) is -1.20. The lowest BCUT2D eigenvalue weighted by atomic mass is 10.0. The minimum atomic E-state index is -4.47. The lowest BCUT2D eigenvalue weighted by molar-refractivity contribution is -0.141. The first-order chi connectivity index (χ1) is 9.38. The standard InChI is InChI=1S/C13H19F3N4/c1-3-12(5-6-12)8-18-10-7-9(13(14,15)16)19-11(20-10)17-4-2/h7H,3-6,8H2,1-2H3,(H2,17,18,19,20). The molecule has 0 spiro atoms. The fourth-order valence-electron chi connectivity index (χ4n) is 2.03. The van der Waals surface area contributed by atoms with Gasteiger partial charge in [0.1, 0.15) is 5.82 Å². The lowest BCUT2D eigenvalue weighted by Crippen LogP contribution is -2.18. The Labute approximate surface area is 116 Å². The van der Waals surface area contributed by atoms with Crippen molar-refractivity contribution in [2.45, 2.75) is 39.3 Å². The van der Waals surface area contributed by atoms with Crippen molar-refractivity contribution in [3.05, 3.63) is 11.8 Å². The Morgan fingerprint density at radius 3 is 2.40 bits per heavy atom. The van der Waals surface area contributed by atoms with Crippen LogP contribution in [0.1, 0.15) is 38.8 Å². The largest absolute Gasteiger partial charge is 0.433 e. The van der Waals surface area contributed by atoms with Crippen LogP contribution in [0.25, 0.3) is 0 Å². The molecule has 1 fully saturated rings. The summed E-state index contributed by atoms with van der Waals surface area (Å²) in [4.78, 5) is 7.56. The fraction of sp³-hybridized carbons (Fsp3) is 0.692. The molecule has 0 unspecified atom stereocenters. The second-order valence-electron chi connectivity index (χ2n) is 5.20. The number of alkyl halides is 3. The van der Waals surface area contributed by atoms with Crippen molar-refractivity contribution in [3.8, 4) is 0 Å². The van der Waals surface area contributed by atoms with Crippen molar-refractivity contribution in [2.75, 3.05) is 23.7 Å². The maximum atomic E-state index is 12.8. The second kappa shape index (κ2) is 5.46. The summed E-state index contributed by atoms with van der Waals surface area (Å²) in [5.41, 5.74) is -0.686. The molecule has 0 radical (unpaired) electrons. The van der Waals surface area contributed by atoms with E-state index in [1.165, 1.54) is 0 Å². The highest BCUT2D eigenvalue weighted by atomic mass is 19.4. The molecular formula is C13H19F3N4. The van der Waals surface area contributed by atoms with E-state index >= 15 is 0 Å². The van der Waals surface area contributed by atoms with Crippen molar-refractivity contribution >= 4 is 11.8 Å². The zero-order valence-corrected chi connectivity index (χ0v) is 11.6. The fourth-order valence-corrected chi connectivity index (χ4v) is 2.03. The summed E-state index contributed by atoms with van der Waals surface area (Å²) in [5.74, 6) is 0.231. The number of hydrogen-bond donors (Lipinski definition) is 2. The predicted molar refractivity (Wildman–Crippen MR) is 71.6 cm³/mol. The van der Waals surface area contributed by atoms with Gasteiger partial charge >= 0.3 is 6.18 Å². The first-order valence-corrected chi connectivity index (χ1v) is 6.82. The van der Waals surface area contributed by atoms with Crippen LogP contribution in [0.4, 0.5) is 24.9 Å². The third-order valence-corrected chi connectivity index (χ3v) is 3.70. The molecule has 0 aliphatic heterocycles. The van der Waals surface area contributed by atoms with E-state index in [4.69, 9.17) is 0 Å². The smallest absolute Gasteiger partial charge is 0.369 e. The third-order valence-electron chi connectivity index (χ3n) is 3.70. The maximum absolute atomic E-state index is 12.8. The molecule has 112 valence electrons. The predicted octanol–water partition coefficient (Wildman–Crippen LogP) is 3.53. The molecule has 0 atom stereocenters. The van der Waals surface area contributed by atoms with Gasteiger partial charge in [0, 0.05) is 19.2 Å². The van der Waals surface area contributed by atoms with Crippen molar-refractivity contribution < 1.29 is 13.2 Å². The number of anilines is 2. The highest BCUT2D eigenvalue weighted by Crippen LogP contribution is 2.48. The van der Waals surface area contributed by atoms with Crippen molar-refractivity contribution in [1.82, 2.24) is 9.97 Å². The van der Waals surface area contributed by atoms with E-state index in [9.17, 15) is 13.2 Å². The van der Waals surface area contributed by atoms with Crippen LogP contribution >= 0.6 is 0 Å². The normalized spacial score (nSPS) is 16.9. The van der Waals surface area contributed by atoms with Gasteiger partial charge in [0.2, 0.25) is 5.95 Å². The highest BCUT2D eigenvalue weighted by molar-refractivity contribution is 5.43. The minimum absolute atomic E-state index is 0.00571. The Kier molecular flexibility index (Phi) is 4.06. The molecule has 7 heteroatoms. The van der Waals surface area contributed by atoms with Crippen molar-refractivity contribution in [1.29, 1.82) is 0 Å². The Hall–Kier alpha value is -1.53. The summed E-state index contributed by atoms with van der Waals surface area (Å²) >= 11 is 0. The van der Waals surface area contributed by atoms with Gasteiger partial charge in [-0.1, -0.05) is 6.92 Å². The number of nitrogens with zero attached hydrogens (tertiary/aromatic N) is 2. The molecule has 0 amide bonds. The van der Waals surface area contributed by atoms with Crippen molar-refractivity contribution in [2.24, 2.45) is 5.41 Å². The van der Waals surface area contributed by atoms with Crippen LogP contribution in [0.15, 0.2) is 6.07 Å². The van der Waals surface area contributed by atoms with Crippen LogP contribution in [0.2, 0.25) is 0 Å². The Balaban J connectivity index is 2.16. The van der Waals surface area contributed by atoms with E-state index in [1.54, 1.807) is 6.92 Å². The second-order valence-corrected chi connectivity index (χ2v) is 5.20. The highest BCUT2D eigenvalue weighted by Gasteiger charge is 2.40. The molecule has 2 rings (SSSR count). The first-order valence-electron chi connectivity index (χ1n) is 6.82. The summed E-state index contributed by atoms with van der Waals surface area (Å²) in [6, 6.07) is 0.965. The van der Waals surface area contributed by atoms with Crippen LogP contribution in [-0.4, -0.2) is 23.1 Å². The van der Waals surface area contributed by atoms with E-state index in [1.807, 2.05) is 0 Å². The molecule has 1 aliphatic rings. The molecule has 1 saturated carbocycles. The van der Waals surface area contributed by atoms with E-state index < -0.39 is 11.9 Å². The topological polar surface area (TPSA) is 49.8 Å². The quantitative estimate of drug-likeness (QED) is 0.840. The van der Waals surface area contributed by atoms with Gasteiger partial charge in [-0.2, -0.15) is 18.2 Å². The minimum Gasteiger partial charge on any atom is -0.369 e. The monoisotopic (exact) mass is 288 g/mol. The lowest BCUT2D eigenvalue weighted by Gasteiger charge is -2.16. The Bertz CT molecular complexity index is 469. The molecule has 1 aliphatic carbocycles. The number of halogens is 3. The average molecular weight is 288 g/mol. The number of hydrogen-bond acceptors (Lipinski definition) is 4. The van der Waals surface area contributed by atoms with Gasteiger partial charge in [-0.3, -0.25) is 0 Å². The van der Waals surface area contributed by atoms with Crippen LogP contribution in [0.3, 0.4) is 0 Å². The van der Waals surface area contributed by atoms with Gasteiger partial charge in [0.05, 0.1) is 0 Å². The van der Waals surface area contributed by atoms with E-state index in [0.717, 1.165) is 25.3 Å². The van der Waals surface area contributed by atoms with E-state index in [-0.39, 0.29) is 17.2 Å². The molecule has 4 nitrogen and oxygen atoms in total. The van der Waals surface area contributed by atoms with Gasteiger partial charge in [0.15, 0.2) is 5.69 Å². The number of rotatable bonds is 6. The van der Waals surface area contributed by atoms with Gasteiger partial charge in [-0.05, 0) is 31.6 Å². The first kappa shape index (κ1) is 14.9. The summed E-state index contributed by atoms with van der Waals surface area (Å²) < 4.78 is 38.4. The Morgan fingerprint density at radius 2 is 1.90 bits per heavy atom. The van der Waals surface area contributed by atoms with Crippen LogP contribution in [0, 0.1) is 5.41 Å². The summed E-state index contributed by atoms with van der Waals surface area (Å²) in [6.45, 7) is 5.01. The summed E-state index contributed by atoms with van der Waals surface area (Å²) in [7, 11) is 0. The van der Waals surface area contributed by atoms with E-state index in [0.29, 0.717) is 13.1 Å². The zero-order valence-electron chi connectivity index (χ0n) is 11.6. The molecule has 2 N–H and O–H groups in total. The van der Waals surface area contributed by atoms with Crippen molar-refractivity contribution in [3.63, 3.8) is 0 Å². The molecule has 1 aromatic heterocycles. The SMILES string of the molecule is CCNc1nc(NCC2(CC)CC2)cc(C(F)(F)F)n1. The Morgan fingerprint density at radius 1 is 1.20 bits per heavy atom. The van der Waals surface area contributed by atoms with Crippen LogP contribution < -0.4 is 10.6 Å². The molecule has 20 heavy (non-hydrogen) atoms.